The Labute approximate surface area is 202 Å². The number of pyridine rings is 1. The lowest BCUT2D eigenvalue weighted by molar-refractivity contribution is -0.135. The van der Waals surface area contributed by atoms with Crippen LogP contribution in [-0.2, 0) is 16.1 Å². The molecule has 4 aromatic rings. The molecule has 0 spiro atoms. The van der Waals surface area contributed by atoms with E-state index in [9.17, 15) is 4.79 Å². The summed E-state index contributed by atoms with van der Waals surface area (Å²) in [7, 11) is 1.79. The van der Waals surface area contributed by atoms with Crippen LogP contribution >= 0.6 is 0 Å². The van der Waals surface area contributed by atoms with Crippen LogP contribution < -0.4 is 0 Å². The van der Waals surface area contributed by atoms with Gasteiger partial charge in [-0.15, -0.1) is 0 Å². The zero-order chi connectivity index (χ0) is 24.3. The van der Waals surface area contributed by atoms with E-state index in [1.165, 1.54) is 6.07 Å². The molecule has 3 aromatic heterocycles. The number of likely N-dealkylation sites (N-methyl/N-ethyl adjacent to an activating group) is 1. The van der Waals surface area contributed by atoms with E-state index in [4.69, 9.17) is 9.72 Å². The summed E-state index contributed by atoms with van der Waals surface area (Å²) in [5.41, 5.74) is 2.78. The van der Waals surface area contributed by atoms with Gasteiger partial charge in [0.2, 0.25) is 5.91 Å². The van der Waals surface area contributed by atoms with Crippen LogP contribution in [0.2, 0.25) is 0 Å². The smallest absolute Gasteiger partial charge is 0.245 e. The molecule has 1 atom stereocenters. The summed E-state index contributed by atoms with van der Waals surface area (Å²) in [6.45, 7) is 5.52. The summed E-state index contributed by atoms with van der Waals surface area (Å²) < 4.78 is 25.0. The Balaban J connectivity index is 1.56. The number of imidazole rings is 2. The number of fused-ring (bicyclic) bond motifs is 2. The van der Waals surface area contributed by atoms with Crippen molar-refractivity contribution in [2.75, 3.05) is 20.3 Å². The summed E-state index contributed by atoms with van der Waals surface area (Å²) in [5, 5.41) is 1.55. The van der Waals surface area contributed by atoms with Gasteiger partial charge in [-0.3, -0.25) is 9.36 Å². The van der Waals surface area contributed by atoms with Crippen molar-refractivity contribution in [3.63, 3.8) is 0 Å². The molecule has 2 aliphatic heterocycles. The topological polar surface area (TPSA) is 78.1 Å². The highest BCUT2D eigenvalue weighted by Crippen LogP contribution is 2.40. The third kappa shape index (κ3) is 3.53. The molecular weight excluding hydrogens is 447 g/mol. The molecule has 9 heteroatoms. The maximum atomic E-state index is 15.5. The third-order valence-corrected chi connectivity index (χ3v) is 7.18. The second kappa shape index (κ2) is 8.27. The van der Waals surface area contributed by atoms with E-state index in [-0.39, 0.29) is 17.6 Å². The fourth-order valence-electron chi connectivity index (χ4n) is 5.35. The molecule has 0 saturated carbocycles. The molecule has 35 heavy (non-hydrogen) atoms. The van der Waals surface area contributed by atoms with Crippen LogP contribution in [0, 0.1) is 12.7 Å². The second-order valence-corrected chi connectivity index (χ2v) is 9.50. The third-order valence-electron chi connectivity index (χ3n) is 7.18. The van der Waals surface area contributed by atoms with Crippen LogP contribution in [0.4, 0.5) is 4.39 Å². The van der Waals surface area contributed by atoms with Gasteiger partial charge in [0.25, 0.3) is 0 Å². The Bertz CT molecular complexity index is 1450. The lowest BCUT2D eigenvalue weighted by atomic mass is 9.98. The van der Waals surface area contributed by atoms with Crippen molar-refractivity contribution in [3.8, 4) is 17.1 Å². The summed E-state index contributed by atoms with van der Waals surface area (Å²) in [4.78, 5) is 28.5. The van der Waals surface area contributed by atoms with Gasteiger partial charge < -0.3 is 14.2 Å². The van der Waals surface area contributed by atoms with Crippen molar-refractivity contribution in [2.45, 2.75) is 45.2 Å². The maximum absolute atomic E-state index is 15.5. The summed E-state index contributed by atoms with van der Waals surface area (Å²) in [6, 6.07) is 4.79. The number of ether oxygens (including phenoxy) is 1. The molecule has 0 radical (unpaired) electrons. The molecule has 1 saturated heterocycles. The standard InChI is InChI=1S/C26H27FN6O2/c1-15-12-32(14-29-15)22-10-18-4-5-20(27)23(19(18)11-28-22)24-21-13-31(3)26(34)16(2)33(21)25(30-24)17-6-8-35-9-7-17/h4-5,10-12,14,16-17H,6-9,13H2,1-3H3/t16-/m1/s1. The largest absolute Gasteiger partial charge is 0.381 e. The molecule has 8 nitrogen and oxygen atoms in total. The molecule has 0 N–H and O–H groups in total. The summed E-state index contributed by atoms with van der Waals surface area (Å²) in [5.74, 6) is 1.42. The minimum absolute atomic E-state index is 0.0371. The number of aryl methyl sites for hydroxylation is 1. The second-order valence-electron chi connectivity index (χ2n) is 9.50. The highest BCUT2D eigenvalue weighted by Gasteiger charge is 2.36. The van der Waals surface area contributed by atoms with E-state index in [0.29, 0.717) is 42.2 Å². The van der Waals surface area contributed by atoms with Gasteiger partial charge in [-0.1, -0.05) is 6.07 Å². The minimum atomic E-state index is -0.393. The van der Waals surface area contributed by atoms with Crippen molar-refractivity contribution in [1.82, 2.24) is 29.0 Å². The number of carbonyl (C=O) groups excluding carboxylic acids is 1. The van der Waals surface area contributed by atoms with Gasteiger partial charge in [0.05, 0.1) is 23.6 Å². The highest BCUT2D eigenvalue weighted by atomic mass is 19.1. The predicted octanol–water partition coefficient (Wildman–Crippen LogP) is 4.16. The molecule has 2 aliphatic rings. The van der Waals surface area contributed by atoms with E-state index in [1.807, 2.05) is 35.2 Å². The number of aromatic nitrogens is 5. The number of hydrogen-bond donors (Lipinski definition) is 0. The Morgan fingerprint density at radius 2 is 1.97 bits per heavy atom. The number of hydrogen-bond acceptors (Lipinski definition) is 5. The molecule has 6 rings (SSSR count). The van der Waals surface area contributed by atoms with E-state index < -0.39 is 6.04 Å². The number of rotatable bonds is 3. The van der Waals surface area contributed by atoms with Crippen LogP contribution in [0.5, 0.6) is 0 Å². The average Bonchev–Trinajstić information content (AvgIpc) is 3.47. The van der Waals surface area contributed by atoms with Gasteiger partial charge in [0.15, 0.2) is 0 Å². The van der Waals surface area contributed by atoms with Gasteiger partial charge in [-0.05, 0) is 44.2 Å². The predicted molar refractivity (Wildman–Crippen MR) is 129 cm³/mol. The number of benzene rings is 1. The quantitative estimate of drug-likeness (QED) is 0.446. The van der Waals surface area contributed by atoms with Gasteiger partial charge in [-0.2, -0.15) is 0 Å². The molecule has 0 aliphatic carbocycles. The molecule has 5 heterocycles. The first-order valence-corrected chi connectivity index (χ1v) is 12.0. The Morgan fingerprint density at radius 3 is 2.71 bits per heavy atom. The van der Waals surface area contributed by atoms with Crippen molar-refractivity contribution in [3.05, 3.63) is 59.9 Å². The fraction of sp³-hybridized carbons (Fsp3) is 0.385. The number of carbonyl (C=O) groups is 1. The minimum Gasteiger partial charge on any atom is -0.381 e. The van der Waals surface area contributed by atoms with Crippen molar-refractivity contribution < 1.29 is 13.9 Å². The Morgan fingerprint density at radius 1 is 1.17 bits per heavy atom. The van der Waals surface area contributed by atoms with Gasteiger partial charge in [0, 0.05) is 49.5 Å². The van der Waals surface area contributed by atoms with Crippen molar-refractivity contribution in [2.24, 2.45) is 0 Å². The summed E-state index contributed by atoms with van der Waals surface area (Å²) in [6.07, 6.45) is 6.99. The van der Waals surface area contributed by atoms with Crippen LogP contribution in [-0.4, -0.2) is 55.2 Å². The maximum Gasteiger partial charge on any atom is 0.245 e. The van der Waals surface area contributed by atoms with Gasteiger partial charge >= 0.3 is 0 Å². The molecule has 0 bridgehead atoms. The molecule has 1 aromatic carbocycles. The first kappa shape index (κ1) is 21.9. The van der Waals surface area contributed by atoms with Crippen molar-refractivity contribution in [1.29, 1.82) is 0 Å². The molecule has 180 valence electrons. The molecule has 1 fully saturated rings. The lowest BCUT2D eigenvalue weighted by Crippen LogP contribution is -2.40. The van der Waals surface area contributed by atoms with Crippen LogP contribution in [0.25, 0.3) is 27.8 Å². The number of nitrogens with zero attached hydrogens (tertiary/aromatic N) is 6. The molecule has 0 unspecified atom stereocenters. The van der Waals surface area contributed by atoms with Gasteiger partial charge in [0.1, 0.15) is 29.8 Å². The van der Waals surface area contributed by atoms with Crippen LogP contribution in [0.15, 0.2) is 36.9 Å². The summed E-state index contributed by atoms with van der Waals surface area (Å²) >= 11 is 0. The van der Waals surface area contributed by atoms with E-state index in [1.54, 1.807) is 30.5 Å². The number of amides is 1. The van der Waals surface area contributed by atoms with Crippen LogP contribution in [0.1, 0.15) is 48.9 Å². The van der Waals surface area contributed by atoms with E-state index in [0.717, 1.165) is 35.4 Å². The van der Waals surface area contributed by atoms with E-state index in [2.05, 4.69) is 9.97 Å². The van der Waals surface area contributed by atoms with Crippen molar-refractivity contribution >= 4 is 16.7 Å². The zero-order valence-corrected chi connectivity index (χ0v) is 20.0. The Hall–Kier alpha value is -3.59. The van der Waals surface area contributed by atoms with Crippen LogP contribution in [0.3, 0.4) is 0 Å². The fourth-order valence-corrected chi connectivity index (χ4v) is 5.35. The highest BCUT2D eigenvalue weighted by molar-refractivity contribution is 5.97. The SMILES string of the molecule is Cc1cn(-c2cc3ccc(F)c(-c4nc(C5CCOCC5)n5c4CN(C)C(=O)[C@H]5C)c3cn2)cn1. The number of halogens is 1. The monoisotopic (exact) mass is 474 g/mol. The van der Waals surface area contributed by atoms with Gasteiger partial charge in [-0.25, -0.2) is 19.3 Å². The van der Waals surface area contributed by atoms with E-state index >= 15 is 4.39 Å². The normalized spacial score (nSPS) is 18.9. The molecular formula is C26H27FN6O2. The Kier molecular flexibility index (Phi) is 5.17. The lowest BCUT2D eigenvalue weighted by Gasteiger charge is -2.32. The molecule has 1 amide bonds. The first-order valence-electron chi connectivity index (χ1n) is 12.0. The average molecular weight is 475 g/mol. The zero-order valence-electron chi connectivity index (χ0n) is 20.0. The first-order chi connectivity index (χ1) is 16.9.